The molecule has 0 amide bonds. The number of aromatic amines is 1. The monoisotopic (exact) mass is 320 g/mol. The summed E-state index contributed by atoms with van der Waals surface area (Å²) in [4.78, 5) is 9.90. The third kappa shape index (κ3) is 2.80. The van der Waals surface area contributed by atoms with Gasteiger partial charge in [0, 0.05) is 12.3 Å². The molecule has 0 aliphatic rings. The topological polar surface area (TPSA) is 147 Å². The highest BCUT2D eigenvalue weighted by Crippen LogP contribution is 2.20. The van der Waals surface area contributed by atoms with Gasteiger partial charge in [-0.1, -0.05) is 0 Å². The predicted octanol–water partition coefficient (Wildman–Crippen LogP) is -0.341. The maximum Gasteiger partial charge on any atom is 0.294 e. The molecule has 1 aromatic carbocycles. The minimum absolute atomic E-state index is 0.178. The van der Waals surface area contributed by atoms with Gasteiger partial charge in [-0.2, -0.15) is 16.8 Å². The summed E-state index contributed by atoms with van der Waals surface area (Å²) in [5.41, 5.74) is -0.762. The van der Waals surface area contributed by atoms with Crippen LogP contribution in [0.4, 0.5) is 0 Å². The fourth-order valence-electron chi connectivity index (χ4n) is 1.51. The van der Waals surface area contributed by atoms with E-state index in [0.717, 1.165) is 22.9 Å². The van der Waals surface area contributed by atoms with Gasteiger partial charge in [0.2, 0.25) is 0 Å². The van der Waals surface area contributed by atoms with Crippen molar-refractivity contribution in [3.63, 3.8) is 0 Å². The van der Waals surface area contributed by atoms with Crippen LogP contribution in [0.5, 0.6) is 0 Å². The zero-order valence-electron chi connectivity index (χ0n) is 9.59. The van der Waals surface area contributed by atoms with Gasteiger partial charge in [0.1, 0.15) is 0 Å². The van der Waals surface area contributed by atoms with Crippen molar-refractivity contribution in [2.24, 2.45) is 0 Å². The Kier molecular flexibility index (Phi) is 3.29. The normalized spacial score (nSPS) is 12.5. The van der Waals surface area contributed by atoms with Crippen molar-refractivity contribution < 1.29 is 25.9 Å². The van der Waals surface area contributed by atoms with Crippen molar-refractivity contribution in [2.75, 3.05) is 0 Å². The summed E-state index contributed by atoms with van der Waals surface area (Å²) < 4.78 is 63.2. The largest absolute Gasteiger partial charge is 0.298 e. The molecule has 9 nitrogen and oxygen atoms in total. The maximum absolute atomic E-state index is 11.4. The molecule has 2 rings (SSSR count). The van der Waals surface area contributed by atoms with E-state index in [9.17, 15) is 21.6 Å². The molecular weight excluding hydrogens is 312 g/mol. The standard InChI is InChI=1S/C9H8N2O7S2/c12-9-1-2-10-11(9)6-3-7(19(13,14)15)5-8(4-6)20(16,17)18/h1-5,10H,(H,13,14,15)(H,16,17,18). The Morgan fingerprint density at radius 2 is 1.45 bits per heavy atom. The van der Waals surface area contributed by atoms with Crippen LogP contribution in [0.25, 0.3) is 5.69 Å². The van der Waals surface area contributed by atoms with Crippen LogP contribution in [0.2, 0.25) is 0 Å². The first-order chi connectivity index (χ1) is 9.09. The smallest absolute Gasteiger partial charge is 0.294 e. The molecule has 11 heteroatoms. The predicted molar refractivity (Wildman–Crippen MR) is 66.0 cm³/mol. The summed E-state index contributed by atoms with van der Waals surface area (Å²) in [6, 6.07) is 3.44. The molecule has 0 aliphatic heterocycles. The van der Waals surface area contributed by atoms with Gasteiger partial charge in [-0.05, 0) is 18.2 Å². The van der Waals surface area contributed by atoms with Gasteiger partial charge in [-0.15, -0.1) is 0 Å². The number of nitrogens with zero attached hydrogens (tertiary/aromatic N) is 1. The molecule has 0 unspecified atom stereocenters. The van der Waals surface area contributed by atoms with Crippen molar-refractivity contribution in [3.8, 4) is 5.69 Å². The molecule has 1 heterocycles. The molecule has 0 fully saturated rings. The fourth-order valence-corrected chi connectivity index (χ4v) is 2.67. The van der Waals surface area contributed by atoms with Gasteiger partial charge in [0.25, 0.3) is 25.8 Å². The molecule has 0 saturated heterocycles. The summed E-state index contributed by atoms with van der Waals surface area (Å²) >= 11 is 0. The highest BCUT2D eigenvalue weighted by Gasteiger charge is 2.19. The second-order valence-corrected chi connectivity index (χ2v) is 6.59. The Labute approximate surface area is 113 Å². The summed E-state index contributed by atoms with van der Waals surface area (Å²) in [7, 11) is -9.43. The van der Waals surface area contributed by atoms with E-state index < -0.39 is 35.6 Å². The maximum atomic E-state index is 11.4. The second-order valence-electron chi connectivity index (χ2n) is 3.75. The van der Waals surface area contributed by atoms with Crippen molar-refractivity contribution in [2.45, 2.75) is 9.79 Å². The quantitative estimate of drug-likeness (QED) is 0.655. The molecule has 0 spiro atoms. The van der Waals surface area contributed by atoms with Crippen LogP contribution in [0, 0.1) is 0 Å². The molecule has 0 atom stereocenters. The number of hydrogen-bond donors (Lipinski definition) is 3. The summed E-state index contributed by atoms with van der Waals surface area (Å²) in [6.45, 7) is 0. The van der Waals surface area contributed by atoms with Crippen LogP contribution in [0.15, 0.2) is 45.0 Å². The lowest BCUT2D eigenvalue weighted by Crippen LogP contribution is -2.15. The second kappa shape index (κ2) is 4.56. The molecule has 1 aromatic heterocycles. The first-order valence-electron chi connectivity index (χ1n) is 4.96. The zero-order valence-corrected chi connectivity index (χ0v) is 11.2. The lowest BCUT2D eigenvalue weighted by Gasteiger charge is -2.07. The zero-order chi connectivity index (χ0) is 15.1. The van der Waals surface area contributed by atoms with Crippen molar-refractivity contribution in [1.29, 1.82) is 0 Å². The van der Waals surface area contributed by atoms with E-state index in [-0.39, 0.29) is 5.69 Å². The lowest BCUT2D eigenvalue weighted by molar-refractivity contribution is 0.481. The number of aromatic nitrogens is 2. The van der Waals surface area contributed by atoms with E-state index in [1.54, 1.807) is 0 Å². The highest BCUT2D eigenvalue weighted by molar-refractivity contribution is 7.86. The molecule has 0 saturated carbocycles. The number of H-pyrrole nitrogens is 1. The van der Waals surface area contributed by atoms with Crippen molar-refractivity contribution in [1.82, 2.24) is 9.78 Å². The highest BCUT2D eigenvalue weighted by atomic mass is 32.2. The van der Waals surface area contributed by atoms with Gasteiger partial charge in [-0.3, -0.25) is 19.0 Å². The van der Waals surface area contributed by atoms with E-state index in [1.807, 2.05) is 0 Å². The van der Waals surface area contributed by atoms with E-state index >= 15 is 0 Å². The van der Waals surface area contributed by atoms with Crippen LogP contribution in [0.1, 0.15) is 0 Å². The van der Waals surface area contributed by atoms with Gasteiger partial charge in [-0.25, -0.2) is 4.68 Å². The summed E-state index contributed by atoms with van der Waals surface area (Å²) in [6.07, 6.45) is 1.25. The van der Waals surface area contributed by atoms with Crippen LogP contribution in [0.3, 0.4) is 0 Å². The minimum Gasteiger partial charge on any atom is -0.298 e. The Morgan fingerprint density at radius 1 is 0.950 bits per heavy atom. The fraction of sp³-hybridized carbons (Fsp3) is 0. The van der Waals surface area contributed by atoms with Gasteiger partial charge >= 0.3 is 0 Å². The van der Waals surface area contributed by atoms with Gasteiger partial charge in [0.15, 0.2) is 0 Å². The van der Waals surface area contributed by atoms with Crippen molar-refractivity contribution >= 4 is 20.2 Å². The Hall–Kier alpha value is -1.95. The molecule has 108 valence electrons. The Bertz CT molecular complexity index is 871. The first-order valence-corrected chi connectivity index (χ1v) is 7.84. The van der Waals surface area contributed by atoms with Crippen molar-refractivity contribution in [3.05, 3.63) is 40.8 Å². The van der Waals surface area contributed by atoms with Gasteiger partial charge in [0.05, 0.1) is 15.5 Å². The van der Waals surface area contributed by atoms with Crippen LogP contribution < -0.4 is 5.56 Å². The number of nitrogens with one attached hydrogen (secondary N) is 1. The summed E-state index contributed by atoms with van der Waals surface area (Å²) in [5, 5.41) is 2.43. The van der Waals surface area contributed by atoms with Gasteiger partial charge < -0.3 is 0 Å². The molecule has 0 bridgehead atoms. The molecule has 2 aromatic rings. The SMILES string of the molecule is O=c1cc[nH]n1-c1cc(S(=O)(=O)O)cc(S(=O)(=O)O)c1. The minimum atomic E-state index is -4.72. The lowest BCUT2D eigenvalue weighted by atomic mass is 10.3. The van der Waals surface area contributed by atoms with E-state index in [1.165, 1.54) is 6.20 Å². The first kappa shape index (κ1) is 14.5. The molecule has 0 radical (unpaired) electrons. The Morgan fingerprint density at radius 3 is 1.80 bits per heavy atom. The average molecular weight is 320 g/mol. The average Bonchev–Trinajstić information content (AvgIpc) is 2.72. The van der Waals surface area contributed by atoms with E-state index in [4.69, 9.17) is 9.11 Å². The number of benzene rings is 1. The summed E-state index contributed by atoms with van der Waals surface area (Å²) in [5.74, 6) is 0. The van der Waals surface area contributed by atoms with Crippen LogP contribution in [-0.2, 0) is 20.2 Å². The van der Waals surface area contributed by atoms with Crippen LogP contribution in [-0.4, -0.2) is 35.7 Å². The molecule has 20 heavy (non-hydrogen) atoms. The van der Waals surface area contributed by atoms with E-state index in [0.29, 0.717) is 6.07 Å². The Balaban J connectivity index is 2.84. The number of rotatable bonds is 3. The molecular formula is C9H8N2O7S2. The third-order valence-corrected chi connectivity index (χ3v) is 4.03. The molecule has 3 N–H and O–H groups in total. The van der Waals surface area contributed by atoms with Crippen LogP contribution >= 0.6 is 0 Å². The number of hydrogen-bond acceptors (Lipinski definition) is 5. The van der Waals surface area contributed by atoms with E-state index in [2.05, 4.69) is 5.10 Å². The molecule has 0 aliphatic carbocycles. The third-order valence-electron chi connectivity index (χ3n) is 2.37.